The molecule has 1 unspecified atom stereocenters. The molecule has 0 amide bonds. The maximum absolute atomic E-state index is 9.93. The number of rotatable bonds is 3. The van der Waals surface area contributed by atoms with Crippen LogP contribution in [0.25, 0.3) is 0 Å². The van der Waals surface area contributed by atoms with Crippen molar-refractivity contribution in [1.82, 2.24) is 9.97 Å². The van der Waals surface area contributed by atoms with E-state index in [2.05, 4.69) is 9.97 Å². The number of hydrogen-bond acceptors (Lipinski definition) is 3. The lowest BCUT2D eigenvalue weighted by Gasteiger charge is -2.09. The summed E-state index contributed by atoms with van der Waals surface area (Å²) in [6.45, 7) is 0. The van der Waals surface area contributed by atoms with Crippen molar-refractivity contribution in [3.63, 3.8) is 0 Å². The van der Waals surface area contributed by atoms with E-state index < -0.39 is 6.10 Å². The van der Waals surface area contributed by atoms with Crippen molar-refractivity contribution in [2.45, 2.75) is 12.5 Å². The van der Waals surface area contributed by atoms with E-state index in [1.807, 2.05) is 12.1 Å². The molecular formula is C12H11ClN2O. The lowest BCUT2D eigenvalue weighted by Crippen LogP contribution is -2.03. The predicted octanol–water partition coefficient (Wildman–Crippen LogP) is 2.41. The summed E-state index contributed by atoms with van der Waals surface area (Å²) in [5, 5.41) is 10.5. The molecule has 2 aromatic heterocycles. The molecule has 0 spiro atoms. The van der Waals surface area contributed by atoms with E-state index in [9.17, 15) is 5.11 Å². The molecule has 3 nitrogen and oxygen atoms in total. The number of nitrogens with zero attached hydrogens (tertiary/aromatic N) is 2. The molecule has 0 fully saturated rings. The van der Waals surface area contributed by atoms with E-state index in [1.54, 1.807) is 24.5 Å². The number of aliphatic hydroxyl groups excluding tert-OH is 1. The number of aromatic nitrogens is 2. The van der Waals surface area contributed by atoms with Crippen molar-refractivity contribution in [3.8, 4) is 0 Å². The molecule has 0 bridgehead atoms. The van der Waals surface area contributed by atoms with Gasteiger partial charge >= 0.3 is 0 Å². The van der Waals surface area contributed by atoms with Crippen LogP contribution in [0.2, 0.25) is 5.02 Å². The van der Waals surface area contributed by atoms with Gasteiger partial charge in [0.15, 0.2) is 0 Å². The van der Waals surface area contributed by atoms with Crippen LogP contribution in [0.4, 0.5) is 0 Å². The van der Waals surface area contributed by atoms with Crippen LogP contribution in [0.3, 0.4) is 0 Å². The maximum Gasteiger partial charge on any atom is 0.1000 e. The van der Waals surface area contributed by atoms with Gasteiger partial charge in [-0.25, -0.2) is 0 Å². The van der Waals surface area contributed by atoms with Crippen molar-refractivity contribution in [1.29, 1.82) is 0 Å². The highest BCUT2D eigenvalue weighted by molar-refractivity contribution is 6.30. The Morgan fingerprint density at radius 2 is 2.12 bits per heavy atom. The molecule has 2 rings (SSSR count). The highest BCUT2D eigenvalue weighted by Gasteiger charge is 2.09. The molecule has 0 aromatic carbocycles. The van der Waals surface area contributed by atoms with Gasteiger partial charge in [-0.15, -0.1) is 0 Å². The zero-order valence-corrected chi connectivity index (χ0v) is 9.30. The first-order valence-corrected chi connectivity index (χ1v) is 5.32. The highest BCUT2D eigenvalue weighted by Crippen LogP contribution is 2.17. The lowest BCUT2D eigenvalue weighted by atomic mass is 10.1. The molecule has 1 atom stereocenters. The van der Waals surface area contributed by atoms with Crippen LogP contribution >= 0.6 is 11.6 Å². The average molecular weight is 235 g/mol. The Hall–Kier alpha value is -1.45. The van der Waals surface area contributed by atoms with Crippen LogP contribution < -0.4 is 0 Å². The third-order valence-electron chi connectivity index (χ3n) is 2.24. The molecule has 0 saturated carbocycles. The lowest BCUT2D eigenvalue weighted by molar-refractivity contribution is 0.173. The van der Waals surface area contributed by atoms with Crippen LogP contribution in [-0.2, 0) is 6.42 Å². The third kappa shape index (κ3) is 2.78. The van der Waals surface area contributed by atoms with Gasteiger partial charge in [0.25, 0.3) is 0 Å². The molecule has 2 heterocycles. The van der Waals surface area contributed by atoms with E-state index >= 15 is 0 Å². The quantitative estimate of drug-likeness (QED) is 0.887. The third-order valence-corrected chi connectivity index (χ3v) is 2.47. The molecule has 0 aliphatic heterocycles. The summed E-state index contributed by atoms with van der Waals surface area (Å²) in [6, 6.07) is 7.21. The van der Waals surface area contributed by atoms with Gasteiger partial charge < -0.3 is 5.11 Å². The Balaban J connectivity index is 2.09. The summed E-state index contributed by atoms with van der Waals surface area (Å²) in [7, 11) is 0. The fraction of sp³-hybridized carbons (Fsp3) is 0.167. The first-order valence-electron chi connectivity index (χ1n) is 4.94. The second-order valence-electron chi connectivity index (χ2n) is 3.48. The Labute approximate surface area is 98.8 Å². The van der Waals surface area contributed by atoms with Crippen LogP contribution in [0.1, 0.15) is 17.4 Å². The molecule has 0 saturated heterocycles. The Bertz CT molecular complexity index is 444. The van der Waals surface area contributed by atoms with Gasteiger partial charge in [0.05, 0.1) is 16.8 Å². The van der Waals surface area contributed by atoms with Crippen molar-refractivity contribution in [2.75, 3.05) is 0 Å². The fourth-order valence-corrected chi connectivity index (χ4v) is 1.54. The Morgan fingerprint density at radius 1 is 1.25 bits per heavy atom. The van der Waals surface area contributed by atoms with Gasteiger partial charge in [0, 0.05) is 25.0 Å². The van der Waals surface area contributed by atoms with E-state index in [-0.39, 0.29) is 0 Å². The molecule has 1 N–H and O–H groups in total. The minimum Gasteiger partial charge on any atom is -0.386 e. The second kappa shape index (κ2) is 5.05. The van der Waals surface area contributed by atoms with E-state index in [0.29, 0.717) is 17.1 Å². The summed E-state index contributed by atoms with van der Waals surface area (Å²) in [5.41, 5.74) is 1.60. The van der Waals surface area contributed by atoms with Gasteiger partial charge in [0.2, 0.25) is 0 Å². The standard InChI is InChI=1S/C12H11ClN2O/c13-10-3-4-11(15-8-10)12(16)6-9-2-1-5-14-7-9/h1-5,7-8,12,16H,6H2. The smallest absolute Gasteiger partial charge is 0.1000 e. The Kier molecular flexibility index (Phi) is 3.49. The summed E-state index contributed by atoms with van der Waals surface area (Å²) >= 11 is 5.72. The van der Waals surface area contributed by atoms with Crippen LogP contribution in [0.15, 0.2) is 42.9 Å². The van der Waals surface area contributed by atoms with Crippen LogP contribution in [0.5, 0.6) is 0 Å². The number of aliphatic hydroxyl groups is 1. The van der Waals surface area contributed by atoms with Crippen LogP contribution in [0, 0.1) is 0 Å². The van der Waals surface area contributed by atoms with Gasteiger partial charge in [0.1, 0.15) is 0 Å². The summed E-state index contributed by atoms with van der Waals surface area (Å²) in [6.07, 6.45) is 4.85. The number of pyridine rings is 2. The molecule has 16 heavy (non-hydrogen) atoms. The SMILES string of the molecule is OC(Cc1cccnc1)c1ccc(Cl)cn1. The van der Waals surface area contributed by atoms with E-state index in [4.69, 9.17) is 11.6 Å². The summed E-state index contributed by atoms with van der Waals surface area (Å²) < 4.78 is 0. The minimum absolute atomic E-state index is 0.502. The van der Waals surface area contributed by atoms with Crippen LogP contribution in [-0.4, -0.2) is 15.1 Å². The van der Waals surface area contributed by atoms with Gasteiger partial charge in [-0.1, -0.05) is 17.7 Å². The highest BCUT2D eigenvalue weighted by atomic mass is 35.5. The molecular weight excluding hydrogens is 224 g/mol. The predicted molar refractivity (Wildman–Crippen MR) is 62.1 cm³/mol. The first kappa shape index (κ1) is 11.0. The molecule has 82 valence electrons. The monoisotopic (exact) mass is 234 g/mol. The van der Waals surface area contributed by atoms with E-state index in [1.165, 1.54) is 6.20 Å². The van der Waals surface area contributed by atoms with E-state index in [0.717, 1.165) is 5.56 Å². The zero-order valence-electron chi connectivity index (χ0n) is 8.55. The molecule has 0 radical (unpaired) electrons. The minimum atomic E-state index is -0.624. The molecule has 0 aliphatic carbocycles. The summed E-state index contributed by atoms with van der Waals surface area (Å²) in [4.78, 5) is 8.06. The average Bonchev–Trinajstić information content (AvgIpc) is 2.31. The second-order valence-corrected chi connectivity index (χ2v) is 3.92. The van der Waals surface area contributed by atoms with Crippen molar-refractivity contribution >= 4 is 11.6 Å². The number of halogens is 1. The summed E-state index contributed by atoms with van der Waals surface area (Å²) in [5.74, 6) is 0. The molecule has 2 aromatic rings. The normalized spacial score (nSPS) is 12.4. The van der Waals surface area contributed by atoms with Gasteiger partial charge in [-0.05, 0) is 23.8 Å². The van der Waals surface area contributed by atoms with Crippen molar-refractivity contribution < 1.29 is 5.11 Å². The first-order chi connectivity index (χ1) is 7.75. The molecule has 4 heteroatoms. The Morgan fingerprint density at radius 3 is 2.75 bits per heavy atom. The fourth-order valence-electron chi connectivity index (χ4n) is 1.43. The van der Waals surface area contributed by atoms with Crippen molar-refractivity contribution in [3.05, 3.63) is 59.1 Å². The van der Waals surface area contributed by atoms with Crippen molar-refractivity contribution in [2.24, 2.45) is 0 Å². The van der Waals surface area contributed by atoms with Gasteiger partial charge in [-0.2, -0.15) is 0 Å². The maximum atomic E-state index is 9.93. The number of hydrogen-bond donors (Lipinski definition) is 1. The van der Waals surface area contributed by atoms with Gasteiger partial charge in [-0.3, -0.25) is 9.97 Å². The molecule has 0 aliphatic rings. The topological polar surface area (TPSA) is 46.0 Å². The largest absolute Gasteiger partial charge is 0.386 e. The zero-order chi connectivity index (χ0) is 11.4.